The highest BCUT2D eigenvalue weighted by atomic mass is 16.3. The molecule has 94 valence electrons. The topological polar surface area (TPSA) is 49.2 Å². The van der Waals surface area contributed by atoms with E-state index in [1.165, 1.54) is 0 Å². The van der Waals surface area contributed by atoms with Gasteiger partial charge in [0.15, 0.2) is 5.82 Å². The number of aliphatic hydroxyl groups excluding tert-OH is 1. The summed E-state index contributed by atoms with van der Waals surface area (Å²) in [5, 5.41) is 18.2. The van der Waals surface area contributed by atoms with Crippen molar-refractivity contribution < 1.29 is 5.11 Å². The van der Waals surface area contributed by atoms with Crippen molar-refractivity contribution in [2.75, 3.05) is 18.0 Å². The quantitative estimate of drug-likeness (QED) is 0.805. The molecule has 1 fully saturated rings. The summed E-state index contributed by atoms with van der Waals surface area (Å²) >= 11 is 0. The average molecular weight is 235 g/mol. The van der Waals surface area contributed by atoms with Crippen LogP contribution in [0.3, 0.4) is 0 Å². The van der Waals surface area contributed by atoms with Crippen molar-refractivity contribution >= 4 is 5.82 Å². The van der Waals surface area contributed by atoms with Crippen LogP contribution < -0.4 is 4.90 Å². The minimum Gasteiger partial charge on any atom is -0.391 e. The van der Waals surface area contributed by atoms with Crippen LogP contribution in [-0.4, -0.2) is 34.5 Å². The molecule has 0 saturated carbocycles. The van der Waals surface area contributed by atoms with Gasteiger partial charge in [0.2, 0.25) is 0 Å². The van der Waals surface area contributed by atoms with E-state index in [0.29, 0.717) is 6.54 Å². The third kappa shape index (κ3) is 2.94. The van der Waals surface area contributed by atoms with Gasteiger partial charge in [0.05, 0.1) is 11.8 Å². The Kier molecular flexibility index (Phi) is 3.33. The van der Waals surface area contributed by atoms with E-state index >= 15 is 0 Å². The van der Waals surface area contributed by atoms with Gasteiger partial charge in [-0.15, -0.1) is 5.10 Å². The summed E-state index contributed by atoms with van der Waals surface area (Å²) in [6, 6.07) is 4.04. The molecule has 1 unspecified atom stereocenters. The predicted octanol–water partition coefficient (Wildman–Crippen LogP) is 1.74. The molecule has 1 aliphatic rings. The van der Waals surface area contributed by atoms with Gasteiger partial charge in [-0.3, -0.25) is 0 Å². The third-order valence-electron chi connectivity index (χ3n) is 3.14. The summed E-state index contributed by atoms with van der Waals surface area (Å²) in [6.45, 7) is 8.01. The molecule has 0 aliphatic carbocycles. The van der Waals surface area contributed by atoms with E-state index in [0.717, 1.165) is 30.9 Å². The zero-order chi connectivity index (χ0) is 12.5. The molecule has 0 amide bonds. The summed E-state index contributed by atoms with van der Waals surface area (Å²) in [7, 11) is 0. The Morgan fingerprint density at radius 3 is 2.59 bits per heavy atom. The van der Waals surface area contributed by atoms with Crippen molar-refractivity contribution in [3.63, 3.8) is 0 Å². The number of aromatic nitrogens is 2. The molecule has 0 radical (unpaired) electrons. The van der Waals surface area contributed by atoms with Crippen molar-refractivity contribution in [2.45, 2.75) is 45.1 Å². The van der Waals surface area contributed by atoms with E-state index < -0.39 is 0 Å². The molecule has 0 spiro atoms. The second kappa shape index (κ2) is 4.61. The van der Waals surface area contributed by atoms with E-state index in [1.807, 2.05) is 12.1 Å². The lowest BCUT2D eigenvalue weighted by Gasteiger charge is -2.30. The summed E-state index contributed by atoms with van der Waals surface area (Å²) in [6.07, 6.45) is 1.68. The molecule has 1 aliphatic heterocycles. The van der Waals surface area contributed by atoms with Crippen LogP contribution >= 0.6 is 0 Å². The van der Waals surface area contributed by atoms with Gasteiger partial charge in [-0.1, -0.05) is 20.8 Å². The first kappa shape index (κ1) is 12.3. The van der Waals surface area contributed by atoms with Gasteiger partial charge in [0, 0.05) is 18.5 Å². The van der Waals surface area contributed by atoms with Crippen LogP contribution in [-0.2, 0) is 5.41 Å². The normalized spacial score (nSPS) is 21.6. The van der Waals surface area contributed by atoms with Crippen molar-refractivity contribution in [2.24, 2.45) is 0 Å². The summed E-state index contributed by atoms with van der Waals surface area (Å²) < 4.78 is 0. The Morgan fingerprint density at radius 2 is 2.06 bits per heavy atom. The van der Waals surface area contributed by atoms with Crippen LogP contribution in [0.2, 0.25) is 0 Å². The fourth-order valence-corrected chi connectivity index (χ4v) is 2.06. The number of nitrogens with zero attached hydrogens (tertiary/aromatic N) is 3. The highest BCUT2D eigenvalue weighted by molar-refractivity contribution is 5.38. The molecule has 1 aromatic heterocycles. The lowest BCUT2D eigenvalue weighted by atomic mass is 9.92. The van der Waals surface area contributed by atoms with E-state index in [-0.39, 0.29) is 11.5 Å². The standard InChI is InChI=1S/C13H21N3O/c1-13(2,3)11-6-7-12(15-14-11)16-8-4-5-10(17)9-16/h6-7,10,17H,4-5,8-9H2,1-3H3. The minimum atomic E-state index is -0.229. The molecule has 1 atom stereocenters. The maximum Gasteiger partial charge on any atom is 0.151 e. The maximum absolute atomic E-state index is 9.63. The second-order valence-electron chi connectivity index (χ2n) is 5.77. The van der Waals surface area contributed by atoms with Gasteiger partial charge in [-0.05, 0) is 25.0 Å². The van der Waals surface area contributed by atoms with E-state index in [1.54, 1.807) is 0 Å². The highest BCUT2D eigenvalue weighted by Crippen LogP contribution is 2.22. The van der Waals surface area contributed by atoms with Crippen molar-refractivity contribution in [3.05, 3.63) is 17.8 Å². The zero-order valence-corrected chi connectivity index (χ0v) is 10.8. The summed E-state index contributed by atoms with van der Waals surface area (Å²) in [5.74, 6) is 0.872. The fraction of sp³-hybridized carbons (Fsp3) is 0.692. The van der Waals surface area contributed by atoms with Gasteiger partial charge in [0.25, 0.3) is 0 Å². The monoisotopic (exact) mass is 235 g/mol. The van der Waals surface area contributed by atoms with Gasteiger partial charge in [0.1, 0.15) is 0 Å². The first-order valence-corrected chi connectivity index (χ1v) is 6.24. The molecule has 2 rings (SSSR count). The highest BCUT2D eigenvalue weighted by Gasteiger charge is 2.20. The Balaban J connectivity index is 2.12. The Hall–Kier alpha value is -1.16. The predicted molar refractivity (Wildman–Crippen MR) is 68.2 cm³/mol. The van der Waals surface area contributed by atoms with Gasteiger partial charge < -0.3 is 10.0 Å². The smallest absolute Gasteiger partial charge is 0.151 e. The number of anilines is 1. The fourth-order valence-electron chi connectivity index (χ4n) is 2.06. The van der Waals surface area contributed by atoms with Crippen LogP contribution in [0.15, 0.2) is 12.1 Å². The summed E-state index contributed by atoms with van der Waals surface area (Å²) in [5.41, 5.74) is 1.03. The molecular weight excluding hydrogens is 214 g/mol. The van der Waals surface area contributed by atoms with Crippen LogP contribution in [0, 0.1) is 0 Å². The summed E-state index contributed by atoms with van der Waals surface area (Å²) in [4.78, 5) is 2.10. The van der Waals surface area contributed by atoms with Crippen LogP contribution in [0.1, 0.15) is 39.3 Å². The number of hydrogen-bond donors (Lipinski definition) is 1. The molecule has 17 heavy (non-hydrogen) atoms. The third-order valence-corrected chi connectivity index (χ3v) is 3.14. The van der Waals surface area contributed by atoms with Crippen molar-refractivity contribution in [3.8, 4) is 0 Å². The molecule has 4 nitrogen and oxygen atoms in total. The van der Waals surface area contributed by atoms with Crippen LogP contribution in [0.5, 0.6) is 0 Å². The largest absolute Gasteiger partial charge is 0.391 e. The maximum atomic E-state index is 9.63. The van der Waals surface area contributed by atoms with Gasteiger partial charge in [-0.25, -0.2) is 0 Å². The molecule has 4 heteroatoms. The van der Waals surface area contributed by atoms with E-state index in [2.05, 4.69) is 35.9 Å². The minimum absolute atomic E-state index is 0.0347. The van der Waals surface area contributed by atoms with E-state index in [9.17, 15) is 5.11 Å². The molecule has 0 aromatic carbocycles. The molecule has 1 saturated heterocycles. The second-order valence-corrected chi connectivity index (χ2v) is 5.77. The van der Waals surface area contributed by atoms with Gasteiger partial charge in [-0.2, -0.15) is 5.10 Å². The van der Waals surface area contributed by atoms with Crippen LogP contribution in [0.25, 0.3) is 0 Å². The van der Waals surface area contributed by atoms with Crippen LogP contribution in [0.4, 0.5) is 5.82 Å². The number of rotatable bonds is 1. The molecule has 2 heterocycles. The Labute approximate surface area is 103 Å². The SMILES string of the molecule is CC(C)(C)c1ccc(N2CCCC(O)C2)nn1. The molecule has 1 aromatic rings. The van der Waals surface area contributed by atoms with E-state index in [4.69, 9.17) is 0 Å². The Bertz CT molecular complexity index is 369. The molecule has 1 N–H and O–H groups in total. The average Bonchev–Trinajstić information content (AvgIpc) is 2.28. The number of aliphatic hydroxyl groups is 1. The molecule has 0 bridgehead atoms. The first-order chi connectivity index (χ1) is 7.97. The zero-order valence-electron chi connectivity index (χ0n) is 10.8. The molecular formula is C13H21N3O. The lowest BCUT2D eigenvalue weighted by Crippen LogP contribution is -2.38. The van der Waals surface area contributed by atoms with Gasteiger partial charge >= 0.3 is 0 Å². The first-order valence-electron chi connectivity index (χ1n) is 6.24. The number of β-amino-alcohol motifs (C(OH)–C–C–N with tert-alkyl or cyclic N) is 1. The van der Waals surface area contributed by atoms with Crippen molar-refractivity contribution in [1.29, 1.82) is 0 Å². The lowest BCUT2D eigenvalue weighted by molar-refractivity contribution is 0.153. The van der Waals surface area contributed by atoms with Crippen molar-refractivity contribution in [1.82, 2.24) is 10.2 Å². The Morgan fingerprint density at radius 1 is 1.29 bits per heavy atom. The number of piperidine rings is 1. The number of hydrogen-bond acceptors (Lipinski definition) is 4.